The van der Waals surface area contributed by atoms with E-state index in [1.807, 2.05) is 19.1 Å². The maximum atomic E-state index is 12.6. The van der Waals surface area contributed by atoms with Gasteiger partial charge in [0, 0.05) is 39.1 Å². The normalized spacial score (nSPS) is 24.3. The van der Waals surface area contributed by atoms with Gasteiger partial charge in [0.1, 0.15) is 5.92 Å². The van der Waals surface area contributed by atoms with Crippen LogP contribution in [-0.2, 0) is 14.3 Å². The number of esters is 1. The van der Waals surface area contributed by atoms with Gasteiger partial charge in [-0.05, 0) is 38.8 Å². The van der Waals surface area contributed by atoms with Gasteiger partial charge in [-0.2, -0.15) is 0 Å². The highest BCUT2D eigenvalue weighted by molar-refractivity contribution is 7.12. The van der Waals surface area contributed by atoms with Gasteiger partial charge >= 0.3 is 5.97 Å². The van der Waals surface area contributed by atoms with Gasteiger partial charge in [-0.1, -0.05) is 6.58 Å². The SMILES string of the molecule is C=C1NC2=C(C(=O)CCC2)C(c2ccc(C)s2)C1C(=O)OCC. The molecule has 1 N–H and O–H groups in total. The van der Waals surface area contributed by atoms with Gasteiger partial charge in [0.25, 0.3) is 0 Å². The summed E-state index contributed by atoms with van der Waals surface area (Å²) >= 11 is 1.63. The highest BCUT2D eigenvalue weighted by atomic mass is 32.1. The molecule has 0 saturated carbocycles. The van der Waals surface area contributed by atoms with E-state index in [0.717, 1.165) is 33.9 Å². The van der Waals surface area contributed by atoms with Crippen LogP contribution in [0.4, 0.5) is 0 Å². The molecular formula is C18H21NO3S. The third kappa shape index (κ3) is 2.85. The number of allylic oxidation sites excluding steroid dienone is 2. The van der Waals surface area contributed by atoms with Crippen molar-refractivity contribution in [1.82, 2.24) is 5.32 Å². The van der Waals surface area contributed by atoms with Crippen LogP contribution in [0.15, 0.2) is 35.7 Å². The van der Waals surface area contributed by atoms with Crippen molar-refractivity contribution >= 4 is 23.1 Å². The molecule has 5 heteroatoms. The molecule has 2 heterocycles. The van der Waals surface area contributed by atoms with E-state index >= 15 is 0 Å². The Morgan fingerprint density at radius 3 is 2.87 bits per heavy atom. The minimum Gasteiger partial charge on any atom is -0.465 e. The molecule has 2 aliphatic rings. The summed E-state index contributed by atoms with van der Waals surface area (Å²) in [5, 5.41) is 3.21. The number of aryl methyl sites for hydroxylation is 1. The van der Waals surface area contributed by atoms with Crippen LogP contribution in [0.5, 0.6) is 0 Å². The molecule has 2 atom stereocenters. The zero-order valence-electron chi connectivity index (χ0n) is 13.5. The molecule has 1 aromatic rings. The van der Waals surface area contributed by atoms with Crippen LogP contribution >= 0.6 is 11.3 Å². The van der Waals surface area contributed by atoms with Gasteiger partial charge in [0.05, 0.1) is 6.61 Å². The van der Waals surface area contributed by atoms with Gasteiger partial charge in [-0.15, -0.1) is 11.3 Å². The van der Waals surface area contributed by atoms with Gasteiger partial charge in [-0.25, -0.2) is 0 Å². The van der Waals surface area contributed by atoms with E-state index in [-0.39, 0.29) is 17.7 Å². The molecule has 23 heavy (non-hydrogen) atoms. The molecule has 1 aliphatic heterocycles. The summed E-state index contributed by atoms with van der Waals surface area (Å²) in [6.07, 6.45) is 2.22. The minimum atomic E-state index is -0.547. The molecule has 0 bridgehead atoms. The molecule has 1 aromatic heterocycles. The molecular weight excluding hydrogens is 310 g/mol. The van der Waals surface area contributed by atoms with Crippen molar-refractivity contribution < 1.29 is 14.3 Å². The molecule has 0 aromatic carbocycles. The number of hydrogen-bond donors (Lipinski definition) is 1. The van der Waals surface area contributed by atoms with Crippen molar-refractivity contribution in [2.24, 2.45) is 5.92 Å². The predicted octanol–water partition coefficient (Wildman–Crippen LogP) is 3.44. The molecule has 3 rings (SSSR count). The number of hydrogen-bond acceptors (Lipinski definition) is 5. The second-order valence-electron chi connectivity index (χ2n) is 5.98. The molecule has 122 valence electrons. The van der Waals surface area contributed by atoms with Gasteiger partial charge in [0.15, 0.2) is 5.78 Å². The van der Waals surface area contributed by atoms with Crippen LogP contribution in [0.1, 0.15) is 41.9 Å². The Balaban J connectivity index is 2.12. The van der Waals surface area contributed by atoms with Crippen molar-refractivity contribution in [1.29, 1.82) is 0 Å². The number of carbonyl (C=O) groups excluding carboxylic acids is 2. The standard InChI is InChI=1S/C18H21NO3S/c1-4-22-18(21)15-11(3)19-12-6-5-7-13(20)16(12)17(15)14-9-8-10(2)23-14/h8-9,15,17,19H,3-7H2,1-2H3. The van der Waals surface area contributed by atoms with Crippen LogP contribution in [0.2, 0.25) is 0 Å². The minimum absolute atomic E-state index is 0.136. The number of carbonyl (C=O) groups is 2. The summed E-state index contributed by atoms with van der Waals surface area (Å²) in [5.74, 6) is -0.999. The van der Waals surface area contributed by atoms with Crippen molar-refractivity contribution in [3.8, 4) is 0 Å². The molecule has 0 fully saturated rings. The van der Waals surface area contributed by atoms with Crippen molar-refractivity contribution in [3.05, 3.63) is 45.4 Å². The summed E-state index contributed by atoms with van der Waals surface area (Å²) in [6, 6.07) is 4.04. The fourth-order valence-electron chi connectivity index (χ4n) is 3.43. The highest BCUT2D eigenvalue weighted by Crippen LogP contribution is 2.46. The van der Waals surface area contributed by atoms with E-state index < -0.39 is 5.92 Å². The number of rotatable bonds is 3. The van der Waals surface area contributed by atoms with E-state index in [1.165, 1.54) is 0 Å². The van der Waals surface area contributed by atoms with Crippen molar-refractivity contribution in [2.75, 3.05) is 6.61 Å². The first-order chi connectivity index (χ1) is 11.0. The summed E-state index contributed by atoms with van der Waals surface area (Å²) in [7, 11) is 0. The van der Waals surface area contributed by atoms with Crippen LogP contribution < -0.4 is 5.32 Å². The van der Waals surface area contributed by atoms with Gasteiger partial charge < -0.3 is 10.1 Å². The fraction of sp³-hybridized carbons (Fsp3) is 0.444. The zero-order valence-corrected chi connectivity index (χ0v) is 14.3. The number of ether oxygens (including phenoxy) is 1. The summed E-state index contributed by atoms with van der Waals surface area (Å²) in [5.41, 5.74) is 2.32. The van der Waals surface area contributed by atoms with Gasteiger partial charge in [-0.3, -0.25) is 9.59 Å². The lowest BCUT2D eigenvalue weighted by molar-refractivity contribution is -0.147. The lowest BCUT2D eigenvalue weighted by Gasteiger charge is -2.37. The highest BCUT2D eigenvalue weighted by Gasteiger charge is 2.44. The fourth-order valence-corrected chi connectivity index (χ4v) is 4.46. The van der Waals surface area contributed by atoms with Gasteiger partial charge in [0.2, 0.25) is 0 Å². The maximum Gasteiger partial charge on any atom is 0.315 e. The lowest BCUT2D eigenvalue weighted by atomic mass is 9.74. The monoisotopic (exact) mass is 331 g/mol. The molecule has 0 saturated heterocycles. The smallest absolute Gasteiger partial charge is 0.315 e. The number of Topliss-reactive ketones (excluding diaryl/α,β-unsaturated/α-hetero) is 1. The number of nitrogens with one attached hydrogen (secondary N) is 1. The maximum absolute atomic E-state index is 12.6. The summed E-state index contributed by atoms with van der Waals surface area (Å²) in [4.78, 5) is 27.3. The van der Waals surface area contributed by atoms with E-state index in [0.29, 0.717) is 18.7 Å². The molecule has 1 aliphatic carbocycles. The third-order valence-electron chi connectivity index (χ3n) is 4.40. The zero-order chi connectivity index (χ0) is 16.6. The Labute approximate surface area is 140 Å². The van der Waals surface area contributed by atoms with E-state index in [4.69, 9.17) is 4.74 Å². The second kappa shape index (κ2) is 6.32. The van der Waals surface area contributed by atoms with Crippen LogP contribution in [0.25, 0.3) is 0 Å². The Morgan fingerprint density at radius 2 is 2.22 bits per heavy atom. The topological polar surface area (TPSA) is 55.4 Å². The lowest BCUT2D eigenvalue weighted by Crippen LogP contribution is -2.40. The Kier molecular flexibility index (Phi) is 4.39. The predicted molar refractivity (Wildman–Crippen MR) is 90.1 cm³/mol. The first kappa shape index (κ1) is 16.0. The largest absolute Gasteiger partial charge is 0.465 e. The first-order valence-corrected chi connectivity index (χ1v) is 8.79. The number of thiophene rings is 1. The average Bonchev–Trinajstić information content (AvgIpc) is 2.92. The van der Waals surface area contributed by atoms with Crippen molar-refractivity contribution in [2.45, 2.75) is 39.0 Å². The molecule has 0 spiro atoms. The summed E-state index contributed by atoms with van der Waals surface area (Å²) < 4.78 is 5.26. The molecule has 0 radical (unpaired) electrons. The first-order valence-electron chi connectivity index (χ1n) is 7.98. The summed E-state index contributed by atoms with van der Waals surface area (Å²) in [6.45, 7) is 8.18. The second-order valence-corrected chi connectivity index (χ2v) is 7.29. The Hall–Kier alpha value is -1.88. The number of ketones is 1. The van der Waals surface area contributed by atoms with E-state index in [9.17, 15) is 9.59 Å². The third-order valence-corrected chi connectivity index (χ3v) is 5.48. The quantitative estimate of drug-likeness (QED) is 0.862. The Morgan fingerprint density at radius 1 is 1.43 bits per heavy atom. The van der Waals surface area contributed by atoms with Crippen LogP contribution in [0, 0.1) is 12.8 Å². The van der Waals surface area contributed by atoms with Crippen LogP contribution in [0.3, 0.4) is 0 Å². The van der Waals surface area contributed by atoms with Crippen LogP contribution in [-0.4, -0.2) is 18.4 Å². The molecule has 2 unspecified atom stereocenters. The average molecular weight is 331 g/mol. The Bertz CT molecular complexity index is 701. The van der Waals surface area contributed by atoms with E-state index in [1.54, 1.807) is 18.3 Å². The van der Waals surface area contributed by atoms with Crippen molar-refractivity contribution in [3.63, 3.8) is 0 Å². The van der Waals surface area contributed by atoms with E-state index in [2.05, 4.69) is 11.9 Å². The molecule has 0 amide bonds. The molecule has 4 nitrogen and oxygen atoms in total.